The van der Waals surface area contributed by atoms with E-state index in [-0.39, 0.29) is 5.56 Å². The number of hydrogen-bond donors (Lipinski definition) is 1. The van der Waals surface area contributed by atoms with Crippen LogP contribution in [0.2, 0.25) is 0 Å². The van der Waals surface area contributed by atoms with Crippen LogP contribution in [-0.2, 0) is 6.54 Å². The maximum absolute atomic E-state index is 11.8. The van der Waals surface area contributed by atoms with Crippen LogP contribution in [0.3, 0.4) is 0 Å². The molecule has 1 aliphatic rings. The molecule has 0 aliphatic carbocycles. The summed E-state index contributed by atoms with van der Waals surface area (Å²) in [6.45, 7) is 1.38. The molecule has 0 saturated heterocycles. The molecule has 0 saturated carbocycles. The van der Waals surface area contributed by atoms with Crippen LogP contribution in [0.25, 0.3) is 11.2 Å². The van der Waals surface area contributed by atoms with Crippen LogP contribution in [0.5, 0.6) is 0 Å². The van der Waals surface area contributed by atoms with Crippen LogP contribution >= 0.6 is 0 Å². The zero-order valence-corrected chi connectivity index (χ0v) is 7.27. The maximum atomic E-state index is 11.8. The molecule has 6 heteroatoms. The summed E-state index contributed by atoms with van der Waals surface area (Å²) in [5.41, 5.74) is 0.612. The van der Waals surface area contributed by atoms with E-state index in [2.05, 4.69) is 20.3 Å². The Bertz CT molecular complexity index is 561. The lowest BCUT2D eigenvalue weighted by Gasteiger charge is -2.01. The molecule has 0 amide bonds. The summed E-state index contributed by atoms with van der Waals surface area (Å²) in [5, 5.41) is 3.02. The summed E-state index contributed by atoms with van der Waals surface area (Å²) < 4.78 is 1.58. The molecule has 70 valence electrons. The van der Waals surface area contributed by atoms with Crippen molar-refractivity contribution >= 4 is 17.1 Å². The zero-order chi connectivity index (χ0) is 9.54. The SMILES string of the molecule is O=c1c2nccnc2nc2n1CCN2. The quantitative estimate of drug-likeness (QED) is 0.611. The van der Waals surface area contributed by atoms with Crippen LogP contribution in [0.4, 0.5) is 5.95 Å². The minimum absolute atomic E-state index is 0.122. The van der Waals surface area contributed by atoms with E-state index in [1.807, 2.05) is 0 Å². The highest BCUT2D eigenvalue weighted by molar-refractivity contribution is 5.69. The average molecular weight is 189 g/mol. The number of fused-ring (bicyclic) bond motifs is 2. The van der Waals surface area contributed by atoms with Gasteiger partial charge in [0.25, 0.3) is 5.56 Å². The standard InChI is InChI=1S/C8H7N5O/c14-7-5-6(10-2-1-9-5)12-8-11-3-4-13(7)8/h1-2H,3-4H2,(H,10,11,12). The molecule has 2 aromatic rings. The Morgan fingerprint density at radius 2 is 2.21 bits per heavy atom. The summed E-state index contributed by atoms with van der Waals surface area (Å²) >= 11 is 0. The first kappa shape index (κ1) is 7.43. The second-order valence-electron chi connectivity index (χ2n) is 3.05. The predicted molar refractivity (Wildman–Crippen MR) is 50.1 cm³/mol. The number of nitrogens with zero attached hydrogens (tertiary/aromatic N) is 4. The third-order valence-corrected chi connectivity index (χ3v) is 2.21. The van der Waals surface area contributed by atoms with Gasteiger partial charge in [-0.25, -0.2) is 9.97 Å². The van der Waals surface area contributed by atoms with Crippen molar-refractivity contribution in [3.05, 3.63) is 22.7 Å². The van der Waals surface area contributed by atoms with Crippen molar-refractivity contribution in [3.8, 4) is 0 Å². The molecule has 0 spiro atoms. The number of anilines is 1. The molecule has 3 heterocycles. The molecular weight excluding hydrogens is 182 g/mol. The van der Waals surface area contributed by atoms with E-state index < -0.39 is 0 Å². The Kier molecular flexibility index (Phi) is 1.33. The van der Waals surface area contributed by atoms with Gasteiger partial charge >= 0.3 is 0 Å². The van der Waals surface area contributed by atoms with Gasteiger partial charge in [0.15, 0.2) is 11.2 Å². The molecule has 0 fully saturated rings. The Hall–Kier alpha value is -1.98. The molecule has 0 atom stereocenters. The van der Waals surface area contributed by atoms with Gasteiger partial charge in [-0.1, -0.05) is 0 Å². The topological polar surface area (TPSA) is 72.7 Å². The van der Waals surface area contributed by atoms with Crippen LogP contribution in [-0.4, -0.2) is 26.1 Å². The van der Waals surface area contributed by atoms with Gasteiger partial charge in [-0.3, -0.25) is 9.36 Å². The molecule has 2 aromatic heterocycles. The van der Waals surface area contributed by atoms with Crippen molar-refractivity contribution in [3.63, 3.8) is 0 Å². The van der Waals surface area contributed by atoms with Crippen LogP contribution < -0.4 is 10.9 Å². The van der Waals surface area contributed by atoms with Gasteiger partial charge in [-0.05, 0) is 0 Å². The van der Waals surface area contributed by atoms with Crippen molar-refractivity contribution in [2.45, 2.75) is 6.54 Å². The summed E-state index contributed by atoms with van der Waals surface area (Å²) in [4.78, 5) is 24.0. The van der Waals surface area contributed by atoms with Crippen molar-refractivity contribution in [1.29, 1.82) is 0 Å². The Labute approximate surface area is 78.6 Å². The minimum Gasteiger partial charge on any atom is -0.354 e. The highest BCUT2D eigenvalue weighted by Crippen LogP contribution is 2.10. The van der Waals surface area contributed by atoms with E-state index in [1.54, 1.807) is 4.57 Å². The fourth-order valence-corrected chi connectivity index (χ4v) is 1.57. The first-order valence-corrected chi connectivity index (χ1v) is 4.32. The number of rotatable bonds is 0. The van der Waals surface area contributed by atoms with Gasteiger partial charge in [-0.2, -0.15) is 4.98 Å². The fraction of sp³-hybridized carbons (Fsp3) is 0.250. The second kappa shape index (κ2) is 2.50. The average Bonchev–Trinajstić information content (AvgIpc) is 2.66. The number of nitrogens with one attached hydrogen (secondary N) is 1. The smallest absolute Gasteiger partial charge is 0.283 e. The molecule has 1 aliphatic heterocycles. The van der Waals surface area contributed by atoms with E-state index in [4.69, 9.17) is 0 Å². The van der Waals surface area contributed by atoms with E-state index in [1.165, 1.54) is 12.4 Å². The lowest BCUT2D eigenvalue weighted by Crippen LogP contribution is -2.20. The molecule has 6 nitrogen and oxygen atoms in total. The minimum atomic E-state index is -0.122. The van der Waals surface area contributed by atoms with Crippen molar-refractivity contribution in [2.24, 2.45) is 0 Å². The Morgan fingerprint density at radius 1 is 1.36 bits per heavy atom. The molecule has 3 rings (SSSR count). The van der Waals surface area contributed by atoms with Gasteiger partial charge in [0, 0.05) is 25.5 Å². The normalized spacial score (nSPS) is 14.0. The van der Waals surface area contributed by atoms with Crippen molar-refractivity contribution in [1.82, 2.24) is 19.5 Å². The van der Waals surface area contributed by atoms with E-state index >= 15 is 0 Å². The molecule has 0 aromatic carbocycles. The Balaban J connectivity index is 2.50. The fourth-order valence-electron chi connectivity index (χ4n) is 1.57. The zero-order valence-electron chi connectivity index (χ0n) is 7.27. The molecule has 0 radical (unpaired) electrons. The summed E-state index contributed by atoms with van der Waals surface area (Å²) in [6, 6.07) is 0. The van der Waals surface area contributed by atoms with Crippen molar-refractivity contribution < 1.29 is 0 Å². The summed E-state index contributed by atoms with van der Waals surface area (Å²) in [6.07, 6.45) is 3.03. The van der Waals surface area contributed by atoms with E-state index in [0.29, 0.717) is 23.7 Å². The van der Waals surface area contributed by atoms with Gasteiger partial charge in [0.1, 0.15) is 0 Å². The lowest BCUT2D eigenvalue weighted by molar-refractivity contribution is 0.767. The first-order valence-electron chi connectivity index (χ1n) is 4.32. The maximum Gasteiger partial charge on any atom is 0.283 e. The van der Waals surface area contributed by atoms with Gasteiger partial charge in [0.05, 0.1) is 0 Å². The molecule has 0 bridgehead atoms. The summed E-state index contributed by atoms with van der Waals surface area (Å²) in [5.74, 6) is 0.586. The predicted octanol–water partition coefficient (Wildman–Crippen LogP) is -0.388. The third-order valence-electron chi connectivity index (χ3n) is 2.21. The van der Waals surface area contributed by atoms with Crippen LogP contribution in [0.1, 0.15) is 0 Å². The van der Waals surface area contributed by atoms with Gasteiger partial charge in [0.2, 0.25) is 5.95 Å². The van der Waals surface area contributed by atoms with E-state index in [9.17, 15) is 4.79 Å². The highest BCUT2D eigenvalue weighted by Gasteiger charge is 2.15. The van der Waals surface area contributed by atoms with Gasteiger partial charge < -0.3 is 5.32 Å². The van der Waals surface area contributed by atoms with Crippen LogP contribution in [0.15, 0.2) is 17.2 Å². The molecule has 0 unspecified atom stereocenters. The highest BCUT2D eigenvalue weighted by atomic mass is 16.1. The number of aromatic nitrogens is 4. The Morgan fingerprint density at radius 3 is 3.14 bits per heavy atom. The molecular formula is C8H7N5O. The van der Waals surface area contributed by atoms with Crippen LogP contribution in [0, 0.1) is 0 Å². The number of hydrogen-bond acceptors (Lipinski definition) is 5. The van der Waals surface area contributed by atoms with Crippen molar-refractivity contribution in [2.75, 3.05) is 11.9 Å². The molecule has 1 N–H and O–H groups in total. The van der Waals surface area contributed by atoms with Gasteiger partial charge in [-0.15, -0.1) is 0 Å². The largest absolute Gasteiger partial charge is 0.354 e. The first-order chi connectivity index (χ1) is 6.86. The molecule has 14 heavy (non-hydrogen) atoms. The summed E-state index contributed by atoms with van der Waals surface area (Å²) in [7, 11) is 0. The monoisotopic (exact) mass is 189 g/mol. The van der Waals surface area contributed by atoms with E-state index in [0.717, 1.165) is 6.54 Å². The third kappa shape index (κ3) is 0.847. The second-order valence-corrected chi connectivity index (χ2v) is 3.05. The lowest BCUT2D eigenvalue weighted by atomic mass is 10.5.